The van der Waals surface area contributed by atoms with Crippen molar-refractivity contribution in [2.45, 2.75) is 0 Å². The van der Waals surface area contributed by atoms with E-state index in [0.717, 1.165) is 0 Å². The van der Waals surface area contributed by atoms with Crippen LogP contribution < -0.4 is 5.32 Å². The number of rotatable bonds is 3. The van der Waals surface area contributed by atoms with Crippen molar-refractivity contribution in [1.29, 1.82) is 0 Å². The molecule has 0 radical (unpaired) electrons. The average Bonchev–Trinajstić information content (AvgIpc) is 2.43. The lowest BCUT2D eigenvalue weighted by Crippen LogP contribution is -2.28. The summed E-state index contributed by atoms with van der Waals surface area (Å²) >= 11 is 8.57. The Kier molecular flexibility index (Phi) is 3.54. The lowest BCUT2D eigenvalue weighted by molar-refractivity contribution is -0.135. The first-order valence-electron chi connectivity index (χ1n) is 3.45. The second kappa shape index (κ2) is 4.47. The minimum Gasteiger partial charge on any atom is -0.480 e. The van der Waals surface area contributed by atoms with Gasteiger partial charge in [0.2, 0.25) is 5.22 Å². The monoisotopic (exact) mass is 281 g/mol. The first-order valence-corrected chi connectivity index (χ1v) is 4.62. The van der Waals surface area contributed by atoms with Crippen LogP contribution in [0.25, 0.3) is 0 Å². The molecule has 0 aliphatic heterocycles. The Morgan fingerprint density at radius 1 is 1.64 bits per heavy atom. The van der Waals surface area contributed by atoms with Crippen molar-refractivity contribution in [3.63, 3.8) is 0 Å². The molecular weight excluding hydrogens is 277 g/mol. The maximum Gasteiger partial charge on any atom is 0.322 e. The largest absolute Gasteiger partial charge is 0.480 e. The number of hydrogen-bond acceptors (Lipinski definition) is 3. The van der Waals surface area contributed by atoms with Crippen LogP contribution >= 0.6 is 27.5 Å². The molecule has 0 saturated heterocycles. The summed E-state index contributed by atoms with van der Waals surface area (Å²) in [4.78, 5) is 21.3. The highest BCUT2D eigenvalue weighted by molar-refractivity contribution is 9.10. The summed E-state index contributed by atoms with van der Waals surface area (Å²) < 4.78 is 5.27. The highest BCUT2D eigenvalue weighted by Crippen LogP contribution is 2.25. The van der Waals surface area contributed by atoms with Crippen molar-refractivity contribution in [2.75, 3.05) is 6.54 Å². The predicted octanol–water partition coefficient (Wildman–Crippen LogP) is 1.51. The molecule has 0 aromatic carbocycles. The number of amides is 1. The minimum atomic E-state index is -1.13. The van der Waals surface area contributed by atoms with E-state index in [2.05, 4.69) is 21.2 Å². The first kappa shape index (κ1) is 11.1. The van der Waals surface area contributed by atoms with Crippen LogP contribution in [-0.4, -0.2) is 23.5 Å². The van der Waals surface area contributed by atoms with Crippen molar-refractivity contribution in [2.24, 2.45) is 0 Å². The fraction of sp³-hybridized carbons (Fsp3) is 0.143. The Labute approximate surface area is 92.2 Å². The lowest BCUT2D eigenvalue weighted by Gasteiger charge is -1.97. The van der Waals surface area contributed by atoms with E-state index in [1.807, 2.05) is 0 Å². The smallest absolute Gasteiger partial charge is 0.322 e. The summed E-state index contributed by atoms with van der Waals surface area (Å²) in [7, 11) is 0. The third-order valence-corrected chi connectivity index (χ3v) is 2.37. The molecule has 0 aliphatic rings. The third-order valence-electron chi connectivity index (χ3n) is 1.27. The van der Waals surface area contributed by atoms with E-state index >= 15 is 0 Å². The number of hydrogen-bond donors (Lipinski definition) is 2. The van der Waals surface area contributed by atoms with Crippen molar-refractivity contribution in [1.82, 2.24) is 5.32 Å². The van der Waals surface area contributed by atoms with Gasteiger partial charge in [-0.3, -0.25) is 9.59 Å². The highest BCUT2D eigenvalue weighted by atomic mass is 79.9. The van der Waals surface area contributed by atoms with Crippen LogP contribution in [0.2, 0.25) is 5.22 Å². The number of halogens is 2. The zero-order valence-corrected chi connectivity index (χ0v) is 9.05. The van der Waals surface area contributed by atoms with Crippen molar-refractivity contribution in [3.8, 4) is 0 Å². The van der Waals surface area contributed by atoms with Crippen LogP contribution in [0.3, 0.4) is 0 Å². The topological polar surface area (TPSA) is 79.5 Å². The van der Waals surface area contributed by atoms with E-state index < -0.39 is 18.4 Å². The number of carboxylic acids is 1. The van der Waals surface area contributed by atoms with Gasteiger partial charge in [-0.05, 0) is 27.5 Å². The van der Waals surface area contributed by atoms with Gasteiger partial charge in [-0.25, -0.2) is 0 Å². The van der Waals surface area contributed by atoms with E-state index in [-0.39, 0.29) is 11.0 Å². The molecule has 0 bridgehead atoms. The molecule has 0 saturated carbocycles. The number of nitrogens with one attached hydrogen (secondary N) is 1. The number of carboxylic acid groups (broad SMARTS) is 1. The van der Waals surface area contributed by atoms with Crippen LogP contribution in [0.4, 0.5) is 0 Å². The fourth-order valence-electron chi connectivity index (χ4n) is 0.701. The predicted molar refractivity (Wildman–Crippen MR) is 51.4 cm³/mol. The van der Waals surface area contributed by atoms with Gasteiger partial charge >= 0.3 is 5.97 Å². The van der Waals surface area contributed by atoms with Gasteiger partial charge in [0.1, 0.15) is 6.54 Å². The van der Waals surface area contributed by atoms with Gasteiger partial charge < -0.3 is 14.8 Å². The third kappa shape index (κ3) is 2.74. The minimum absolute atomic E-state index is 0.0388. The normalized spacial score (nSPS) is 9.86. The van der Waals surface area contributed by atoms with Crippen molar-refractivity contribution in [3.05, 3.63) is 21.5 Å². The summed E-state index contributed by atoms with van der Waals surface area (Å²) in [5.41, 5.74) is 0. The van der Waals surface area contributed by atoms with E-state index in [4.69, 9.17) is 21.1 Å². The van der Waals surface area contributed by atoms with Crippen LogP contribution in [0.1, 0.15) is 10.6 Å². The highest BCUT2D eigenvalue weighted by Gasteiger charge is 2.14. The molecule has 5 nitrogen and oxygen atoms in total. The fourth-order valence-corrected chi connectivity index (χ4v) is 1.13. The summed E-state index contributed by atoms with van der Waals surface area (Å²) in [5, 5.41) is 10.5. The molecule has 14 heavy (non-hydrogen) atoms. The van der Waals surface area contributed by atoms with Crippen LogP contribution in [-0.2, 0) is 4.79 Å². The Bertz CT molecular complexity index is 356. The molecule has 7 heteroatoms. The standard InChI is InChI=1S/C7H5BrClNO4/c8-3-1-4(14-6(3)9)7(13)10-2-5(11)12/h1H,2H2,(H,10,13)(H,11,12). The molecule has 0 spiro atoms. The van der Waals surface area contributed by atoms with Crippen molar-refractivity contribution < 1.29 is 19.1 Å². The van der Waals surface area contributed by atoms with E-state index in [9.17, 15) is 9.59 Å². The second-order valence-corrected chi connectivity index (χ2v) is 3.51. The Hall–Kier alpha value is -1.01. The van der Waals surface area contributed by atoms with Gasteiger partial charge in [-0.1, -0.05) is 0 Å². The number of carbonyl (C=O) groups excluding carboxylic acids is 1. The van der Waals surface area contributed by atoms with E-state index in [1.54, 1.807) is 0 Å². The number of carbonyl (C=O) groups is 2. The molecule has 1 aromatic rings. The Morgan fingerprint density at radius 3 is 2.71 bits per heavy atom. The molecule has 1 aromatic heterocycles. The number of aliphatic carboxylic acids is 1. The molecule has 76 valence electrons. The maximum atomic E-state index is 11.2. The van der Waals surface area contributed by atoms with E-state index in [0.29, 0.717) is 4.47 Å². The van der Waals surface area contributed by atoms with Gasteiger partial charge in [0.25, 0.3) is 5.91 Å². The molecule has 0 atom stereocenters. The zero-order chi connectivity index (χ0) is 10.7. The summed E-state index contributed by atoms with van der Waals surface area (Å²) in [5.74, 6) is -1.79. The Balaban J connectivity index is 2.65. The van der Waals surface area contributed by atoms with Crippen molar-refractivity contribution >= 4 is 39.4 Å². The molecule has 1 heterocycles. The molecule has 0 unspecified atom stereocenters. The van der Waals surface area contributed by atoms with Crippen LogP contribution in [0.5, 0.6) is 0 Å². The van der Waals surface area contributed by atoms with Gasteiger partial charge in [-0.2, -0.15) is 0 Å². The molecule has 1 rings (SSSR count). The lowest BCUT2D eigenvalue weighted by atomic mass is 10.4. The summed E-state index contributed by atoms with van der Waals surface area (Å²) in [6.45, 7) is -0.464. The van der Waals surface area contributed by atoms with Gasteiger partial charge in [0.05, 0.1) is 4.47 Å². The maximum absolute atomic E-state index is 11.2. The molecule has 0 fully saturated rings. The van der Waals surface area contributed by atoms with E-state index in [1.165, 1.54) is 6.07 Å². The SMILES string of the molecule is O=C(O)CNC(=O)c1cc(Br)c(Cl)o1. The van der Waals surface area contributed by atoms with Crippen LogP contribution in [0.15, 0.2) is 15.0 Å². The Morgan fingerprint density at radius 2 is 2.29 bits per heavy atom. The molecular formula is C7H5BrClNO4. The quantitative estimate of drug-likeness (QED) is 0.880. The first-order chi connectivity index (χ1) is 6.50. The molecule has 2 N–H and O–H groups in total. The van der Waals surface area contributed by atoms with Gasteiger partial charge in [0, 0.05) is 6.07 Å². The summed E-state index contributed by atoms with van der Waals surface area (Å²) in [6.07, 6.45) is 0. The second-order valence-electron chi connectivity index (χ2n) is 2.31. The molecule has 0 aliphatic carbocycles. The van der Waals surface area contributed by atoms with Gasteiger partial charge in [0.15, 0.2) is 5.76 Å². The van der Waals surface area contributed by atoms with Crippen LogP contribution in [0, 0.1) is 0 Å². The zero-order valence-electron chi connectivity index (χ0n) is 6.71. The number of furan rings is 1. The van der Waals surface area contributed by atoms with Gasteiger partial charge in [-0.15, -0.1) is 0 Å². The average molecular weight is 282 g/mol. The summed E-state index contributed by atoms with van der Waals surface area (Å²) in [6, 6.07) is 1.36. The molecule has 1 amide bonds.